The van der Waals surface area contributed by atoms with Crippen molar-refractivity contribution in [1.29, 1.82) is 0 Å². The first kappa shape index (κ1) is 14.2. The van der Waals surface area contributed by atoms with Gasteiger partial charge in [0, 0.05) is 15.8 Å². The van der Waals surface area contributed by atoms with Crippen LogP contribution in [0, 0.1) is 13.8 Å². The lowest BCUT2D eigenvalue weighted by atomic mass is 10.1. The maximum absolute atomic E-state index is 5.85. The Labute approximate surface area is 120 Å². The van der Waals surface area contributed by atoms with Crippen LogP contribution in [-0.2, 0) is 6.42 Å². The van der Waals surface area contributed by atoms with E-state index >= 15 is 0 Å². The van der Waals surface area contributed by atoms with E-state index in [4.69, 9.17) is 5.73 Å². The molecule has 2 aromatic carbocycles. The molecule has 0 aliphatic rings. The number of hydrogen-bond acceptors (Lipinski definition) is 2. The summed E-state index contributed by atoms with van der Waals surface area (Å²) in [4.78, 5) is 2.65. The van der Waals surface area contributed by atoms with Crippen molar-refractivity contribution in [3.63, 3.8) is 0 Å². The molecular formula is C17H21NS. The highest BCUT2D eigenvalue weighted by Crippen LogP contribution is 2.32. The summed E-state index contributed by atoms with van der Waals surface area (Å²) in [5, 5.41) is 0. The summed E-state index contributed by atoms with van der Waals surface area (Å²) < 4.78 is 0. The summed E-state index contributed by atoms with van der Waals surface area (Å²) >= 11 is 1.84. The van der Waals surface area contributed by atoms with Gasteiger partial charge in [0.1, 0.15) is 0 Å². The van der Waals surface area contributed by atoms with Crippen molar-refractivity contribution in [2.45, 2.75) is 43.0 Å². The fourth-order valence-corrected chi connectivity index (χ4v) is 3.08. The van der Waals surface area contributed by atoms with E-state index in [9.17, 15) is 0 Å². The molecule has 0 saturated heterocycles. The monoisotopic (exact) mass is 271 g/mol. The second-order valence-corrected chi connectivity index (χ2v) is 6.23. The zero-order valence-electron chi connectivity index (χ0n) is 11.8. The lowest BCUT2D eigenvalue weighted by molar-refractivity contribution is 0.737. The first-order valence-corrected chi connectivity index (χ1v) is 7.46. The molecule has 0 aliphatic carbocycles. The number of aryl methyl sites for hydroxylation is 2. The van der Waals surface area contributed by atoms with Crippen molar-refractivity contribution in [2.75, 3.05) is 0 Å². The van der Waals surface area contributed by atoms with Crippen LogP contribution in [0.15, 0.2) is 52.3 Å². The maximum atomic E-state index is 5.85. The molecule has 2 N–H and O–H groups in total. The van der Waals surface area contributed by atoms with Crippen LogP contribution >= 0.6 is 11.8 Å². The van der Waals surface area contributed by atoms with Gasteiger partial charge in [-0.1, -0.05) is 42.1 Å². The van der Waals surface area contributed by atoms with Crippen LogP contribution in [0.3, 0.4) is 0 Å². The molecule has 0 heterocycles. The van der Waals surface area contributed by atoms with E-state index in [0.717, 1.165) is 6.42 Å². The van der Waals surface area contributed by atoms with Gasteiger partial charge in [0.25, 0.3) is 0 Å². The Morgan fingerprint density at radius 2 is 1.68 bits per heavy atom. The topological polar surface area (TPSA) is 26.0 Å². The molecule has 2 heteroatoms. The van der Waals surface area contributed by atoms with E-state index in [2.05, 4.69) is 56.3 Å². The molecule has 0 amide bonds. The molecule has 0 bridgehead atoms. The Balaban J connectivity index is 2.20. The van der Waals surface area contributed by atoms with Crippen molar-refractivity contribution in [3.05, 3.63) is 59.2 Å². The molecule has 2 rings (SSSR count). The Morgan fingerprint density at radius 3 is 2.32 bits per heavy atom. The summed E-state index contributed by atoms with van der Waals surface area (Å²) in [6, 6.07) is 15.4. The molecule has 1 nitrogen and oxygen atoms in total. The van der Waals surface area contributed by atoms with Crippen LogP contribution in [0.5, 0.6) is 0 Å². The second-order valence-electron chi connectivity index (χ2n) is 5.15. The minimum absolute atomic E-state index is 0.217. The largest absolute Gasteiger partial charge is 0.328 e. The van der Waals surface area contributed by atoms with Crippen LogP contribution in [-0.4, -0.2) is 6.04 Å². The molecule has 0 aromatic heterocycles. The van der Waals surface area contributed by atoms with E-state index < -0.39 is 0 Å². The predicted molar refractivity (Wildman–Crippen MR) is 83.8 cm³/mol. The Kier molecular flexibility index (Phi) is 4.67. The number of benzene rings is 2. The van der Waals surface area contributed by atoms with E-state index in [1.165, 1.54) is 26.5 Å². The third-order valence-corrected chi connectivity index (χ3v) is 4.47. The SMILES string of the molecule is Cc1ccccc1Sc1ccc(CC(C)N)cc1C. The van der Waals surface area contributed by atoms with Gasteiger partial charge < -0.3 is 5.73 Å². The fourth-order valence-electron chi connectivity index (χ4n) is 2.11. The van der Waals surface area contributed by atoms with Gasteiger partial charge in [-0.2, -0.15) is 0 Å². The molecule has 0 radical (unpaired) electrons. The van der Waals surface area contributed by atoms with Gasteiger partial charge in [0.05, 0.1) is 0 Å². The highest BCUT2D eigenvalue weighted by atomic mass is 32.2. The van der Waals surface area contributed by atoms with Gasteiger partial charge in [0.2, 0.25) is 0 Å². The predicted octanol–water partition coefficient (Wildman–Crippen LogP) is 4.34. The van der Waals surface area contributed by atoms with Crippen LogP contribution < -0.4 is 5.73 Å². The van der Waals surface area contributed by atoms with Crippen molar-refractivity contribution < 1.29 is 0 Å². The number of nitrogens with two attached hydrogens (primary N) is 1. The lowest BCUT2D eigenvalue weighted by Gasteiger charge is -2.11. The molecule has 1 atom stereocenters. The van der Waals surface area contributed by atoms with Crippen molar-refractivity contribution in [3.8, 4) is 0 Å². The van der Waals surface area contributed by atoms with Gasteiger partial charge in [-0.15, -0.1) is 0 Å². The third-order valence-electron chi connectivity index (χ3n) is 3.11. The molecule has 19 heavy (non-hydrogen) atoms. The standard InChI is InChI=1S/C17H21NS/c1-12-6-4-5-7-16(12)19-17-9-8-15(10-13(17)2)11-14(3)18/h4-10,14H,11,18H2,1-3H3. The van der Waals surface area contributed by atoms with Gasteiger partial charge >= 0.3 is 0 Å². The first-order valence-electron chi connectivity index (χ1n) is 6.65. The summed E-state index contributed by atoms with van der Waals surface area (Å²) in [5.41, 5.74) is 9.82. The molecule has 100 valence electrons. The average molecular weight is 271 g/mol. The van der Waals surface area contributed by atoms with Crippen molar-refractivity contribution >= 4 is 11.8 Å². The van der Waals surface area contributed by atoms with Crippen LogP contribution in [0.2, 0.25) is 0 Å². The summed E-state index contributed by atoms with van der Waals surface area (Å²) in [6.45, 7) is 6.37. The van der Waals surface area contributed by atoms with Crippen molar-refractivity contribution in [1.82, 2.24) is 0 Å². The van der Waals surface area contributed by atoms with Gasteiger partial charge in [-0.05, 0) is 56.0 Å². The fraction of sp³-hybridized carbons (Fsp3) is 0.294. The van der Waals surface area contributed by atoms with E-state index in [1.54, 1.807) is 0 Å². The van der Waals surface area contributed by atoms with Gasteiger partial charge in [0.15, 0.2) is 0 Å². The molecule has 2 aromatic rings. The van der Waals surface area contributed by atoms with E-state index in [-0.39, 0.29) is 6.04 Å². The minimum atomic E-state index is 0.217. The van der Waals surface area contributed by atoms with Gasteiger partial charge in [-0.3, -0.25) is 0 Å². The smallest absolute Gasteiger partial charge is 0.0151 e. The highest BCUT2D eigenvalue weighted by molar-refractivity contribution is 7.99. The molecule has 0 aliphatic heterocycles. The molecule has 0 spiro atoms. The third kappa shape index (κ3) is 3.85. The molecule has 0 saturated carbocycles. The van der Waals surface area contributed by atoms with Gasteiger partial charge in [-0.25, -0.2) is 0 Å². The molecular weight excluding hydrogens is 250 g/mol. The van der Waals surface area contributed by atoms with E-state index in [1.807, 2.05) is 18.7 Å². The molecule has 1 unspecified atom stereocenters. The summed E-state index contributed by atoms with van der Waals surface area (Å²) in [5.74, 6) is 0. The van der Waals surface area contributed by atoms with Crippen LogP contribution in [0.4, 0.5) is 0 Å². The summed E-state index contributed by atoms with van der Waals surface area (Å²) in [7, 11) is 0. The minimum Gasteiger partial charge on any atom is -0.328 e. The maximum Gasteiger partial charge on any atom is 0.0151 e. The number of hydrogen-bond donors (Lipinski definition) is 1. The highest BCUT2D eigenvalue weighted by Gasteiger charge is 2.05. The first-order chi connectivity index (χ1) is 9.06. The Bertz CT molecular complexity index is 561. The zero-order chi connectivity index (χ0) is 13.8. The van der Waals surface area contributed by atoms with E-state index in [0.29, 0.717) is 0 Å². The quantitative estimate of drug-likeness (QED) is 0.895. The second kappa shape index (κ2) is 6.27. The Hall–Kier alpha value is -1.25. The Morgan fingerprint density at radius 1 is 1.00 bits per heavy atom. The number of rotatable bonds is 4. The lowest BCUT2D eigenvalue weighted by Crippen LogP contribution is -2.17. The normalized spacial score (nSPS) is 12.4. The van der Waals surface area contributed by atoms with Crippen LogP contribution in [0.25, 0.3) is 0 Å². The van der Waals surface area contributed by atoms with Crippen molar-refractivity contribution in [2.24, 2.45) is 5.73 Å². The zero-order valence-corrected chi connectivity index (χ0v) is 12.6. The average Bonchev–Trinajstić information content (AvgIpc) is 2.34. The summed E-state index contributed by atoms with van der Waals surface area (Å²) in [6.07, 6.45) is 0.941. The van der Waals surface area contributed by atoms with Crippen LogP contribution in [0.1, 0.15) is 23.6 Å². The molecule has 0 fully saturated rings.